The van der Waals surface area contributed by atoms with Crippen LogP contribution >= 0.6 is 0 Å². The minimum atomic E-state index is 0.305. The number of hydrogen-bond donors (Lipinski definition) is 2. The zero-order valence-corrected chi connectivity index (χ0v) is 9.87. The van der Waals surface area contributed by atoms with Crippen molar-refractivity contribution in [2.45, 2.75) is 39.2 Å². The first-order chi connectivity index (χ1) is 6.57. The highest BCUT2D eigenvalue weighted by Crippen LogP contribution is 2.04. The Morgan fingerprint density at radius 3 is 2.36 bits per heavy atom. The molecule has 1 atom stereocenters. The highest BCUT2D eigenvalue weighted by atomic mass is 16.2. The first-order valence-electron chi connectivity index (χ1n) is 5.63. The van der Waals surface area contributed by atoms with Crippen LogP contribution in [0.2, 0.25) is 0 Å². The fraction of sp³-hybridized carbons (Fsp3) is 1.00. The van der Waals surface area contributed by atoms with Gasteiger partial charge in [0.1, 0.15) is 0 Å². The number of hydrogen-bond acceptors (Lipinski definition) is 3. The SMILES string of the molecule is CC(C)C(N)CCN(C)CCCCO. The minimum Gasteiger partial charge on any atom is -0.396 e. The van der Waals surface area contributed by atoms with Crippen molar-refractivity contribution in [2.24, 2.45) is 11.7 Å². The van der Waals surface area contributed by atoms with Crippen LogP contribution in [-0.2, 0) is 0 Å². The highest BCUT2D eigenvalue weighted by molar-refractivity contribution is 4.67. The Hall–Kier alpha value is -0.120. The van der Waals surface area contributed by atoms with Gasteiger partial charge in [-0.15, -0.1) is 0 Å². The van der Waals surface area contributed by atoms with Gasteiger partial charge in [0.05, 0.1) is 0 Å². The van der Waals surface area contributed by atoms with Gasteiger partial charge in [-0.1, -0.05) is 13.8 Å². The zero-order chi connectivity index (χ0) is 11.0. The first-order valence-corrected chi connectivity index (χ1v) is 5.63. The van der Waals surface area contributed by atoms with Crippen molar-refractivity contribution < 1.29 is 5.11 Å². The van der Waals surface area contributed by atoms with Gasteiger partial charge < -0.3 is 15.7 Å². The molecular weight excluding hydrogens is 176 g/mol. The van der Waals surface area contributed by atoms with Crippen LogP contribution in [0.3, 0.4) is 0 Å². The van der Waals surface area contributed by atoms with E-state index < -0.39 is 0 Å². The number of nitrogens with two attached hydrogens (primary N) is 1. The monoisotopic (exact) mass is 202 g/mol. The van der Waals surface area contributed by atoms with E-state index in [1.54, 1.807) is 0 Å². The molecular formula is C11H26N2O. The molecule has 0 fully saturated rings. The van der Waals surface area contributed by atoms with Crippen molar-refractivity contribution in [1.29, 1.82) is 0 Å². The van der Waals surface area contributed by atoms with Gasteiger partial charge in [-0.25, -0.2) is 0 Å². The molecule has 0 rings (SSSR count). The summed E-state index contributed by atoms with van der Waals surface area (Å²) >= 11 is 0. The number of rotatable bonds is 8. The molecule has 0 spiro atoms. The molecule has 3 nitrogen and oxygen atoms in total. The molecule has 0 saturated heterocycles. The number of aliphatic hydroxyl groups excluding tert-OH is 1. The lowest BCUT2D eigenvalue weighted by molar-refractivity contribution is 0.257. The fourth-order valence-electron chi connectivity index (χ4n) is 1.31. The van der Waals surface area contributed by atoms with Gasteiger partial charge >= 0.3 is 0 Å². The summed E-state index contributed by atoms with van der Waals surface area (Å²) in [6.07, 6.45) is 3.04. The summed E-state index contributed by atoms with van der Waals surface area (Å²) in [5.74, 6) is 0.570. The zero-order valence-electron chi connectivity index (χ0n) is 9.87. The maximum Gasteiger partial charge on any atom is 0.0431 e. The lowest BCUT2D eigenvalue weighted by Crippen LogP contribution is -2.32. The molecule has 0 aliphatic rings. The van der Waals surface area contributed by atoms with Gasteiger partial charge in [-0.2, -0.15) is 0 Å². The van der Waals surface area contributed by atoms with Crippen LogP contribution in [0.5, 0.6) is 0 Å². The van der Waals surface area contributed by atoms with Gasteiger partial charge in [0, 0.05) is 12.6 Å². The summed E-state index contributed by atoms with van der Waals surface area (Å²) in [6, 6.07) is 0.315. The molecule has 0 radical (unpaired) electrons. The summed E-state index contributed by atoms with van der Waals surface area (Å²) in [6.45, 7) is 6.75. The van der Waals surface area contributed by atoms with Crippen molar-refractivity contribution in [3.05, 3.63) is 0 Å². The summed E-state index contributed by atoms with van der Waals surface area (Å²) < 4.78 is 0. The molecule has 0 aromatic carbocycles. The number of nitrogens with zero attached hydrogens (tertiary/aromatic N) is 1. The van der Waals surface area contributed by atoms with Crippen molar-refractivity contribution in [1.82, 2.24) is 4.90 Å². The van der Waals surface area contributed by atoms with E-state index in [1.807, 2.05) is 0 Å². The van der Waals surface area contributed by atoms with Crippen molar-refractivity contribution >= 4 is 0 Å². The molecule has 0 aliphatic heterocycles. The van der Waals surface area contributed by atoms with E-state index in [-0.39, 0.29) is 0 Å². The fourth-order valence-corrected chi connectivity index (χ4v) is 1.31. The predicted molar refractivity (Wildman–Crippen MR) is 61.2 cm³/mol. The Morgan fingerprint density at radius 1 is 1.21 bits per heavy atom. The van der Waals surface area contributed by atoms with E-state index in [0.29, 0.717) is 18.6 Å². The Morgan fingerprint density at radius 2 is 1.86 bits per heavy atom. The largest absolute Gasteiger partial charge is 0.396 e. The maximum absolute atomic E-state index is 8.63. The van der Waals surface area contributed by atoms with Crippen molar-refractivity contribution in [3.63, 3.8) is 0 Å². The third-order valence-corrected chi connectivity index (χ3v) is 2.65. The van der Waals surface area contributed by atoms with E-state index in [4.69, 9.17) is 10.8 Å². The molecule has 0 saturated carbocycles. The van der Waals surface area contributed by atoms with E-state index in [2.05, 4.69) is 25.8 Å². The van der Waals surface area contributed by atoms with Crippen LogP contribution in [0.1, 0.15) is 33.1 Å². The molecule has 0 bridgehead atoms. The van der Waals surface area contributed by atoms with Gasteiger partial charge in [-0.3, -0.25) is 0 Å². The van der Waals surface area contributed by atoms with Crippen molar-refractivity contribution in [3.8, 4) is 0 Å². The Labute approximate surface area is 88.3 Å². The minimum absolute atomic E-state index is 0.305. The summed E-state index contributed by atoms with van der Waals surface area (Å²) in [5, 5.41) is 8.63. The van der Waals surface area contributed by atoms with Crippen LogP contribution in [0.15, 0.2) is 0 Å². The molecule has 1 unspecified atom stereocenters. The van der Waals surface area contributed by atoms with E-state index in [0.717, 1.165) is 32.4 Å². The normalized spacial score (nSPS) is 13.9. The van der Waals surface area contributed by atoms with E-state index >= 15 is 0 Å². The Bertz CT molecular complexity index is 128. The second-order valence-electron chi connectivity index (χ2n) is 4.43. The molecule has 0 amide bonds. The van der Waals surface area contributed by atoms with Gasteiger partial charge in [-0.05, 0) is 45.3 Å². The molecule has 3 heteroatoms. The summed E-state index contributed by atoms with van der Waals surface area (Å²) in [7, 11) is 2.12. The molecule has 0 aliphatic carbocycles. The number of aliphatic hydroxyl groups is 1. The number of unbranched alkanes of at least 4 members (excludes halogenated alkanes) is 1. The molecule has 3 N–H and O–H groups in total. The van der Waals surface area contributed by atoms with Crippen LogP contribution in [0.4, 0.5) is 0 Å². The molecule has 0 heterocycles. The summed E-state index contributed by atoms with van der Waals surface area (Å²) in [4.78, 5) is 2.29. The lowest BCUT2D eigenvalue weighted by atomic mass is 10.0. The highest BCUT2D eigenvalue weighted by Gasteiger charge is 2.08. The predicted octanol–water partition coefficient (Wildman–Crippen LogP) is 1.06. The van der Waals surface area contributed by atoms with Gasteiger partial charge in [0.2, 0.25) is 0 Å². The van der Waals surface area contributed by atoms with Gasteiger partial charge in [0.25, 0.3) is 0 Å². The Kier molecular flexibility index (Phi) is 8.14. The smallest absolute Gasteiger partial charge is 0.0431 e. The Balaban J connectivity index is 3.38. The molecule has 14 heavy (non-hydrogen) atoms. The second kappa shape index (κ2) is 8.21. The average Bonchev–Trinajstić information content (AvgIpc) is 2.14. The molecule has 0 aromatic rings. The third-order valence-electron chi connectivity index (χ3n) is 2.65. The molecule has 0 aromatic heterocycles. The average molecular weight is 202 g/mol. The second-order valence-corrected chi connectivity index (χ2v) is 4.43. The maximum atomic E-state index is 8.63. The van der Waals surface area contributed by atoms with Gasteiger partial charge in [0.15, 0.2) is 0 Å². The third kappa shape index (κ3) is 7.30. The van der Waals surface area contributed by atoms with Crippen LogP contribution < -0.4 is 5.73 Å². The van der Waals surface area contributed by atoms with E-state index in [1.165, 1.54) is 0 Å². The van der Waals surface area contributed by atoms with Crippen LogP contribution in [0, 0.1) is 5.92 Å². The first kappa shape index (κ1) is 13.9. The standard InChI is InChI=1S/C11H26N2O/c1-10(2)11(12)6-8-13(3)7-4-5-9-14/h10-11,14H,4-9,12H2,1-3H3. The summed E-state index contributed by atoms with van der Waals surface area (Å²) in [5.41, 5.74) is 5.95. The lowest BCUT2D eigenvalue weighted by Gasteiger charge is -2.21. The topological polar surface area (TPSA) is 49.5 Å². The van der Waals surface area contributed by atoms with Crippen molar-refractivity contribution in [2.75, 3.05) is 26.7 Å². The van der Waals surface area contributed by atoms with E-state index in [9.17, 15) is 0 Å². The van der Waals surface area contributed by atoms with Crippen LogP contribution in [0.25, 0.3) is 0 Å². The van der Waals surface area contributed by atoms with Crippen LogP contribution in [-0.4, -0.2) is 42.8 Å². The quantitative estimate of drug-likeness (QED) is 0.579. The molecule has 86 valence electrons.